The molecule has 0 fully saturated rings. The molecule has 1 aliphatic heterocycles. The van der Waals surface area contributed by atoms with Gasteiger partial charge in [0.15, 0.2) is 5.96 Å². The van der Waals surface area contributed by atoms with E-state index in [-0.39, 0.29) is 11.7 Å². The van der Waals surface area contributed by atoms with E-state index in [1.165, 1.54) is 6.07 Å². The summed E-state index contributed by atoms with van der Waals surface area (Å²) < 4.78 is 5.67. The molecule has 7 heteroatoms. The SMILES string of the molecule is CN=C(NCc1cccc([N+](=O)[O-])c1)NC1CCOc2ccccc21. The highest BCUT2D eigenvalue weighted by Gasteiger charge is 2.21. The topological polar surface area (TPSA) is 88.8 Å². The van der Waals surface area contributed by atoms with E-state index in [0.717, 1.165) is 23.3 Å². The number of nitro benzene ring substituents is 1. The minimum Gasteiger partial charge on any atom is -0.493 e. The van der Waals surface area contributed by atoms with Crippen LogP contribution in [0.2, 0.25) is 0 Å². The van der Waals surface area contributed by atoms with Crippen molar-refractivity contribution in [3.63, 3.8) is 0 Å². The van der Waals surface area contributed by atoms with Gasteiger partial charge >= 0.3 is 0 Å². The third-order valence-electron chi connectivity index (χ3n) is 4.07. The smallest absolute Gasteiger partial charge is 0.269 e. The minimum atomic E-state index is -0.393. The number of guanidine groups is 1. The number of non-ortho nitro benzene ring substituents is 1. The van der Waals surface area contributed by atoms with Crippen molar-refractivity contribution in [3.05, 3.63) is 69.8 Å². The third kappa shape index (κ3) is 4.06. The van der Waals surface area contributed by atoms with Crippen LogP contribution < -0.4 is 15.4 Å². The summed E-state index contributed by atoms with van der Waals surface area (Å²) in [7, 11) is 1.70. The first-order valence-corrected chi connectivity index (χ1v) is 8.09. The van der Waals surface area contributed by atoms with Crippen molar-refractivity contribution >= 4 is 11.6 Å². The number of benzene rings is 2. The molecule has 130 valence electrons. The molecule has 0 saturated heterocycles. The fourth-order valence-corrected chi connectivity index (χ4v) is 2.82. The molecule has 1 unspecified atom stereocenters. The number of aliphatic imine (C=N–C) groups is 1. The van der Waals surface area contributed by atoms with Gasteiger partial charge in [-0.1, -0.05) is 30.3 Å². The molecule has 2 aromatic rings. The van der Waals surface area contributed by atoms with Gasteiger partial charge in [0.1, 0.15) is 5.75 Å². The lowest BCUT2D eigenvalue weighted by Gasteiger charge is -2.28. The third-order valence-corrected chi connectivity index (χ3v) is 4.07. The minimum absolute atomic E-state index is 0.0839. The van der Waals surface area contributed by atoms with E-state index in [1.54, 1.807) is 19.2 Å². The lowest BCUT2D eigenvalue weighted by Crippen LogP contribution is -2.40. The van der Waals surface area contributed by atoms with Crippen LogP contribution in [-0.4, -0.2) is 24.5 Å². The molecule has 1 atom stereocenters. The van der Waals surface area contributed by atoms with Crippen molar-refractivity contribution in [1.82, 2.24) is 10.6 Å². The van der Waals surface area contributed by atoms with Gasteiger partial charge in [-0.3, -0.25) is 15.1 Å². The van der Waals surface area contributed by atoms with Crippen LogP contribution in [-0.2, 0) is 6.54 Å². The Morgan fingerprint density at radius 2 is 2.16 bits per heavy atom. The molecule has 2 aromatic carbocycles. The Balaban J connectivity index is 1.65. The van der Waals surface area contributed by atoms with Crippen molar-refractivity contribution < 1.29 is 9.66 Å². The first-order valence-electron chi connectivity index (χ1n) is 8.09. The average Bonchev–Trinajstić information content (AvgIpc) is 2.65. The molecule has 7 nitrogen and oxygen atoms in total. The highest BCUT2D eigenvalue weighted by atomic mass is 16.6. The van der Waals surface area contributed by atoms with Crippen molar-refractivity contribution in [1.29, 1.82) is 0 Å². The van der Waals surface area contributed by atoms with E-state index in [9.17, 15) is 10.1 Å². The number of nitro groups is 1. The fourth-order valence-electron chi connectivity index (χ4n) is 2.82. The van der Waals surface area contributed by atoms with Crippen LogP contribution in [0.1, 0.15) is 23.6 Å². The molecule has 2 N–H and O–H groups in total. The van der Waals surface area contributed by atoms with Gasteiger partial charge in [-0.05, 0) is 11.6 Å². The molecule has 0 radical (unpaired) electrons. The number of fused-ring (bicyclic) bond motifs is 1. The monoisotopic (exact) mass is 340 g/mol. The Kier molecular flexibility index (Phi) is 5.13. The van der Waals surface area contributed by atoms with E-state index >= 15 is 0 Å². The summed E-state index contributed by atoms with van der Waals surface area (Å²) >= 11 is 0. The zero-order valence-electron chi connectivity index (χ0n) is 13.9. The standard InChI is InChI=1S/C18H20N4O3/c1-19-18(20-12-13-5-4-6-14(11-13)22(23)24)21-16-9-10-25-17-8-3-2-7-15(16)17/h2-8,11,16H,9-10,12H2,1H3,(H2,19,20,21). The molecular weight excluding hydrogens is 320 g/mol. The molecule has 3 rings (SSSR count). The van der Waals surface area contributed by atoms with E-state index in [4.69, 9.17) is 4.74 Å². The van der Waals surface area contributed by atoms with Crippen LogP contribution in [0.3, 0.4) is 0 Å². The molecule has 0 aliphatic carbocycles. The van der Waals surface area contributed by atoms with E-state index < -0.39 is 4.92 Å². The number of hydrogen-bond donors (Lipinski definition) is 2. The number of nitrogens with one attached hydrogen (secondary N) is 2. The van der Waals surface area contributed by atoms with E-state index in [2.05, 4.69) is 15.6 Å². The van der Waals surface area contributed by atoms with Gasteiger partial charge in [-0.25, -0.2) is 0 Å². The second-order valence-electron chi connectivity index (χ2n) is 5.72. The van der Waals surface area contributed by atoms with Crippen LogP contribution >= 0.6 is 0 Å². The first kappa shape index (κ1) is 16.8. The van der Waals surface area contributed by atoms with Crippen molar-refractivity contribution in [2.24, 2.45) is 4.99 Å². The van der Waals surface area contributed by atoms with Crippen molar-refractivity contribution in [2.75, 3.05) is 13.7 Å². The zero-order chi connectivity index (χ0) is 17.6. The molecule has 0 aromatic heterocycles. The molecular formula is C18H20N4O3. The Hall–Kier alpha value is -3.09. The van der Waals surface area contributed by atoms with Crippen LogP contribution in [0.15, 0.2) is 53.5 Å². The Morgan fingerprint density at radius 3 is 2.96 bits per heavy atom. The Labute approximate surface area is 145 Å². The summed E-state index contributed by atoms with van der Waals surface area (Å²) in [6.07, 6.45) is 0.842. The Bertz CT molecular complexity index is 791. The number of ether oxygens (including phenoxy) is 1. The van der Waals surface area contributed by atoms with Gasteiger partial charge in [-0.15, -0.1) is 0 Å². The van der Waals surface area contributed by atoms with Crippen molar-refractivity contribution in [3.8, 4) is 5.75 Å². The van der Waals surface area contributed by atoms with Gasteiger partial charge in [0.05, 0.1) is 17.6 Å². The lowest BCUT2D eigenvalue weighted by molar-refractivity contribution is -0.384. The second-order valence-corrected chi connectivity index (χ2v) is 5.72. The number of nitrogens with zero attached hydrogens (tertiary/aromatic N) is 2. The maximum atomic E-state index is 10.9. The zero-order valence-corrected chi connectivity index (χ0v) is 13.9. The van der Waals surface area contributed by atoms with Gasteiger partial charge < -0.3 is 15.4 Å². The highest BCUT2D eigenvalue weighted by molar-refractivity contribution is 5.80. The summed E-state index contributed by atoms with van der Waals surface area (Å²) in [6, 6.07) is 14.6. The molecule has 0 amide bonds. The predicted molar refractivity (Wildman–Crippen MR) is 95.7 cm³/mol. The molecule has 0 spiro atoms. The van der Waals surface area contributed by atoms with Crippen LogP contribution in [0.5, 0.6) is 5.75 Å². The van der Waals surface area contributed by atoms with Gasteiger partial charge in [-0.2, -0.15) is 0 Å². The molecule has 25 heavy (non-hydrogen) atoms. The van der Waals surface area contributed by atoms with Crippen LogP contribution in [0.25, 0.3) is 0 Å². The normalized spacial score (nSPS) is 16.5. The predicted octanol–water partition coefficient (Wildman–Crippen LogP) is 2.78. The number of para-hydroxylation sites is 1. The van der Waals surface area contributed by atoms with E-state index in [1.807, 2.05) is 30.3 Å². The summed E-state index contributed by atoms with van der Waals surface area (Å²) in [5.41, 5.74) is 2.01. The molecule has 1 aliphatic rings. The molecule has 1 heterocycles. The average molecular weight is 340 g/mol. The van der Waals surface area contributed by atoms with Crippen LogP contribution in [0.4, 0.5) is 5.69 Å². The maximum absolute atomic E-state index is 10.9. The molecule has 0 saturated carbocycles. The summed E-state index contributed by atoms with van der Waals surface area (Å²) in [5.74, 6) is 1.54. The first-order chi connectivity index (χ1) is 12.2. The lowest BCUT2D eigenvalue weighted by atomic mass is 10.0. The van der Waals surface area contributed by atoms with Gasteiger partial charge in [0.2, 0.25) is 0 Å². The highest BCUT2D eigenvalue weighted by Crippen LogP contribution is 2.31. The molecule has 0 bridgehead atoms. The van der Waals surface area contributed by atoms with E-state index in [0.29, 0.717) is 19.1 Å². The largest absolute Gasteiger partial charge is 0.493 e. The van der Waals surface area contributed by atoms with Gasteiger partial charge in [0, 0.05) is 37.7 Å². The quantitative estimate of drug-likeness (QED) is 0.387. The number of rotatable bonds is 4. The second kappa shape index (κ2) is 7.65. The maximum Gasteiger partial charge on any atom is 0.269 e. The summed E-state index contributed by atoms with van der Waals surface area (Å²) in [5, 5.41) is 17.5. The summed E-state index contributed by atoms with van der Waals surface area (Å²) in [4.78, 5) is 14.7. The van der Waals surface area contributed by atoms with Gasteiger partial charge in [0.25, 0.3) is 5.69 Å². The Morgan fingerprint density at radius 1 is 1.32 bits per heavy atom. The fraction of sp³-hybridized carbons (Fsp3) is 0.278. The van der Waals surface area contributed by atoms with Crippen LogP contribution in [0, 0.1) is 10.1 Å². The van der Waals surface area contributed by atoms with Crippen molar-refractivity contribution in [2.45, 2.75) is 19.0 Å². The number of hydrogen-bond acceptors (Lipinski definition) is 4. The summed E-state index contributed by atoms with van der Waals surface area (Å²) in [6.45, 7) is 1.10.